The second-order valence-corrected chi connectivity index (χ2v) is 0. The molecule has 0 aliphatic carbocycles. The highest BCUT2D eigenvalue weighted by atomic mass is 32.1. The van der Waals surface area contributed by atoms with E-state index < -0.39 is 0 Å². The minimum atomic E-state index is 1.72. The molecular weight excluding hydrogens is 95.0 g/mol. The highest BCUT2D eigenvalue weighted by molar-refractivity contribution is 7.44. The van der Waals surface area contributed by atoms with Crippen molar-refractivity contribution in [1.29, 1.82) is 0 Å². The van der Waals surface area contributed by atoms with E-state index in [0.717, 1.165) is 0 Å². The van der Waals surface area contributed by atoms with Crippen LogP contribution in [0.15, 0.2) is 0 Å². The Hall–Kier alpha value is 0.120. The van der Waals surface area contributed by atoms with E-state index in [9.17, 15) is 0 Å². The molecule has 24 valence electrons. The maximum absolute atomic E-state index is 8.06. The largest absolute Gasteiger partial charge is 0.279 e. The van der Waals surface area contributed by atoms with E-state index in [0.29, 0.717) is 0 Å². The number of hydrogen-bond donors (Lipinski definition) is 0. The third-order valence-electron chi connectivity index (χ3n) is 0. The highest BCUT2D eigenvalue weighted by Crippen LogP contribution is 1.23. The lowest BCUT2D eigenvalue weighted by Crippen LogP contribution is -0.894. The van der Waals surface area contributed by atoms with Crippen LogP contribution < -0.4 is 0 Å². The van der Waals surface area contributed by atoms with E-state index >= 15 is 0 Å². The SMILES string of the molecule is O=P.O=S. The summed E-state index contributed by atoms with van der Waals surface area (Å²) in [7, 11) is 1.72. The van der Waals surface area contributed by atoms with Crippen molar-refractivity contribution in [2.75, 3.05) is 0 Å². The van der Waals surface area contributed by atoms with E-state index in [2.05, 4.69) is 12.5 Å². The maximum atomic E-state index is 8.06. The monoisotopic (exact) mass is 95.9 g/mol. The fourth-order valence-corrected chi connectivity index (χ4v) is 0. The van der Waals surface area contributed by atoms with Crippen molar-refractivity contribution in [3.8, 4) is 0 Å². The first kappa shape index (κ1) is 8.92. The third-order valence-corrected chi connectivity index (χ3v) is 0. The van der Waals surface area contributed by atoms with Gasteiger partial charge in [0.05, 0.1) is 0 Å². The molecule has 0 bridgehead atoms. The van der Waals surface area contributed by atoms with Crippen molar-refractivity contribution in [2.45, 2.75) is 0 Å². The molecule has 0 spiro atoms. The molecule has 0 aliphatic heterocycles. The van der Waals surface area contributed by atoms with Gasteiger partial charge >= 0.3 is 0 Å². The predicted octanol–water partition coefficient (Wildman–Crippen LogP) is 0.138. The van der Waals surface area contributed by atoms with Crippen molar-refractivity contribution >= 4 is 21.7 Å². The van der Waals surface area contributed by atoms with E-state index in [-0.39, 0.29) is 0 Å². The van der Waals surface area contributed by atoms with E-state index in [1.165, 1.54) is 0 Å². The molecule has 2 nitrogen and oxygen atoms in total. The summed E-state index contributed by atoms with van der Waals surface area (Å²) in [5, 5.41) is 0. The van der Waals surface area contributed by atoms with Crippen LogP contribution in [0.4, 0.5) is 0 Å². The molecule has 0 aromatic rings. The fourth-order valence-electron chi connectivity index (χ4n) is 0. The van der Waals surface area contributed by atoms with Crippen LogP contribution >= 0.6 is 9.12 Å². The Morgan fingerprint density at radius 2 is 1.25 bits per heavy atom. The lowest BCUT2D eigenvalue weighted by atomic mass is 16.0. The molecule has 0 N–H and O–H groups in total. The first-order valence-corrected chi connectivity index (χ1v) is 1.11. The Labute approximate surface area is 31.4 Å². The Morgan fingerprint density at radius 3 is 1.25 bits per heavy atom. The molecule has 0 atom stereocenters. The van der Waals surface area contributed by atoms with Crippen LogP contribution in [0.3, 0.4) is 0 Å². The molecule has 4 heavy (non-hydrogen) atoms. The molecule has 0 aliphatic rings. The summed E-state index contributed by atoms with van der Waals surface area (Å²) in [6.45, 7) is 0. The summed E-state index contributed by atoms with van der Waals surface area (Å²) < 4.78 is 15.9. The molecule has 0 amide bonds. The third kappa shape index (κ3) is 185. The first-order valence-electron chi connectivity index (χ1n) is 0.371. The zero-order valence-corrected chi connectivity index (χ0v) is 3.54. The van der Waals surface area contributed by atoms with E-state index in [4.69, 9.17) is 8.77 Å². The second kappa shape index (κ2) is 974. The van der Waals surface area contributed by atoms with Crippen LogP contribution in [0.25, 0.3) is 0 Å². The van der Waals surface area contributed by atoms with Gasteiger partial charge in [0.2, 0.25) is 0 Å². The van der Waals surface area contributed by atoms with Gasteiger partial charge in [0.25, 0.3) is 0 Å². The topological polar surface area (TPSA) is 34.1 Å². The molecule has 0 heterocycles. The number of hydrogen-bond acceptors (Lipinski definition) is 3. The standard InChI is InChI=1S/HOP.OS/c2*1-2/h2H;. The Balaban J connectivity index is 0. The van der Waals surface area contributed by atoms with E-state index in [1.54, 1.807) is 9.12 Å². The van der Waals surface area contributed by atoms with Crippen LogP contribution in [0.1, 0.15) is 0 Å². The fraction of sp³-hybridized carbons (Fsp3) is 0. The quantitative estimate of drug-likeness (QED) is 0.402. The van der Waals surface area contributed by atoms with Gasteiger partial charge in [-0.15, -0.1) is 0 Å². The second-order valence-electron chi connectivity index (χ2n) is 0. The lowest BCUT2D eigenvalue weighted by molar-refractivity contribution is 0.607. The maximum Gasteiger partial charge on any atom is 0.197 e. The first-order chi connectivity index (χ1) is 2.00. The Bertz CT molecular complexity index is 8.00. The zero-order chi connectivity index (χ0) is 4.00. The summed E-state index contributed by atoms with van der Waals surface area (Å²) in [5.41, 5.74) is 0. The molecule has 0 aromatic carbocycles. The van der Waals surface area contributed by atoms with Crippen molar-refractivity contribution < 1.29 is 8.77 Å². The Kier molecular flexibility index (Phi) is 2170. The lowest BCUT2D eigenvalue weighted by Gasteiger charge is -0.807. The smallest absolute Gasteiger partial charge is 0.197 e. The molecule has 0 fully saturated rings. The molecule has 4 heteroatoms. The predicted molar refractivity (Wildman–Crippen MR) is 17.1 cm³/mol. The van der Waals surface area contributed by atoms with Crippen molar-refractivity contribution in [3.05, 3.63) is 0 Å². The molecule has 0 rings (SSSR count). The van der Waals surface area contributed by atoms with Gasteiger partial charge in [-0.1, -0.05) is 0 Å². The number of rotatable bonds is 0. The normalized spacial score (nSPS) is 2.00. The van der Waals surface area contributed by atoms with Crippen molar-refractivity contribution in [3.63, 3.8) is 0 Å². The van der Waals surface area contributed by atoms with Gasteiger partial charge in [-0.3, -0.25) is 4.57 Å². The van der Waals surface area contributed by atoms with E-state index in [1.807, 2.05) is 0 Å². The van der Waals surface area contributed by atoms with Gasteiger partial charge < -0.3 is 0 Å². The van der Waals surface area contributed by atoms with Gasteiger partial charge in [-0.25, -0.2) is 0 Å². The zero-order valence-electron chi connectivity index (χ0n) is 1.72. The molecule has 0 saturated carbocycles. The van der Waals surface area contributed by atoms with Crippen molar-refractivity contribution in [1.82, 2.24) is 0 Å². The van der Waals surface area contributed by atoms with Gasteiger partial charge in [0.1, 0.15) is 9.12 Å². The van der Waals surface area contributed by atoms with Crippen LogP contribution in [-0.4, -0.2) is 4.21 Å². The highest BCUT2D eigenvalue weighted by Gasteiger charge is 0.734. The van der Waals surface area contributed by atoms with Crippen LogP contribution in [0.5, 0.6) is 0 Å². The molecule has 0 radical (unpaired) electrons. The van der Waals surface area contributed by atoms with Crippen LogP contribution in [0, 0.1) is 0 Å². The molecule has 0 saturated heterocycles. The minimum Gasteiger partial charge on any atom is -0.279 e. The van der Waals surface area contributed by atoms with Crippen LogP contribution in [0.2, 0.25) is 0 Å². The van der Waals surface area contributed by atoms with Crippen LogP contribution in [-0.2, 0) is 17.1 Å². The van der Waals surface area contributed by atoms with Gasteiger partial charge in [-0.05, 0) is 0 Å². The summed E-state index contributed by atoms with van der Waals surface area (Å²) in [5.74, 6) is 0. The van der Waals surface area contributed by atoms with Gasteiger partial charge in [0, 0.05) is 0 Å². The van der Waals surface area contributed by atoms with Gasteiger partial charge in [0.15, 0.2) is 12.5 Å². The average molecular weight is 96.0 g/mol. The minimum absolute atomic E-state index is 1.72. The molecule has 0 aromatic heterocycles. The Morgan fingerprint density at radius 1 is 1.25 bits per heavy atom. The summed E-state index contributed by atoms with van der Waals surface area (Å²) in [6.07, 6.45) is 0. The molecular formula is HO2PS. The van der Waals surface area contributed by atoms with Gasteiger partial charge in [-0.2, -0.15) is 4.21 Å². The molecule has 0 unspecified atom stereocenters. The summed E-state index contributed by atoms with van der Waals surface area (Å²) in [6, 6.07) is 0. The average Bonchev–Trinajstić information content (AvgIpc) is 1.50. The summed E-state index contributed by atoms with van der Waals surface area (Å²) >= 11 is 2.83. The van der Waals surface area contributed by atoms with Crippen molar-refractivity contribution in [2.24, 2.45) is 0 Å². The summed E-state index contributed by atoms with van der Waals surface area (Å²) in [4.78, 5) is 0.